The number of imidazole rings is 1. The maximum atomic E-state index is 13.6. The Labute approximate surface area is 169 Å². The van der Waals surface area contributed by atoms with E-state index in [4.69, 9.17) is 0 Å². The quantitative estimate of drug-likeness (QED) is 0.705. The number of H-pyrrole nitrogens is 1. The summed E-state index contributed by atoms with van der Waals surface area (Å²) in [5, 5.41) is 11.5. The summed E-state index contributed by atoms with van der Waals surface area (Å²) in [6.45, 7) is 2.61. The summed E-state index contributed by atoms with van der Waals surface area (Å²) in [6.07, 6.45) is 8.85. The Morgan fingerprint density at radius 1 is 1.36 bits per heavy atom. The van der Waals surface area contributed by atoms with Crippen LogP contribution in [0.25, 0.3) is 10.9 Å². The Bertz CT molecular complexity index is 989. The number of carbonyl (C=O) groups excluding carboxylic acids is 1. The molecule has 2 aliphatic rings. The van der Waals surface area contributed by atoms with Gasteiger partial charge in [0.2, 0.25) is 0 Å². The number of fused-ring (bicyclic) bond motifs is 1. The smallest absolute Gasteiger partial charge is 0.256 e. The van der Waals surface area contributed by atoms with Gasteiger partial charge in [0.25, 0.3) is 5.91 Å². The van der Waals surface area contributed by atoms with E-state index in [-0.39, 0.29) is 29.8 Å². The fourth-order valence-electron chi connectivity index (χ4n) is 4.56. The van der Waals surface area contributed by atoms with E-state index in [9.17, 15) is 4.79 Å². The van der Waals surface area contributed by atoms with Gasteiger partial charge in [0.1, 0.15) is 5.82 Å². The van der Waals surface area contributed by atoms with E-state index in [1.54, 1.807) is 12.4 Å². The predicted molar refractivity (Wildman–Crippen MR) is 109 cm³/mol. The molecule has 28 heavy (non-hydrogen) atoms. The second-order valence-corrected chi connectivity index (χ2v) is 7.86. The Hall–Kier alpha value is -2.38. The second-order valence-electron chi connectivity index (χ2n) is 7.86. The lowest BCUT2D eigenvalue weighted by atomic mass is 9.93. The number of aryl methyl sites for hydroxylation is 1. The number of carbonyl (C=O) groups is 1. The van der Waals surface area contributed by atoms with Gasteiger partial charge in [0.05, 0.1) is 23.8 Å². The fraction of sp³-hybridized carbons (Fsp3) is 0.450. The zero-order valence-corrected chi connectivity index (χ0v) is 16.7. The molecule has 5 rings (SSSR count). The zero-order valence-electron chi connectivity index (χ0n) is 15.9. The molecule has 1 amide bonds. The molecule has 1 saturated heterocycles. The molecular formula is C20H25ClN6O. The minimum Gasteiger partial charge on any atom is -0.337 e. The van der Waals surface area contributed by atoms with Crippen molar-refractivity contribution in [2.75, 3.05) is 13.1 Å². The van der Waals surface area contributed by atoms with E-state index < -0.39 is 0 Å². The van der Waals surface area contributed by atoms with Crippen LogP contribution < -0.4 is 5.32 Å². The van der Waals surface area contributed by atoms with Gasteiger partial charge in [0, 0.05) is 30.9 Å². The molecule has 0 radical (unpaired) electrons. The Kier molecular flexibility index (Phi) is 4.89. The lowest BCUT2D eigenvalue weighted by Crippen LogP contribution is -2.39. The molecule has 1 atom stereocenters. The van der Waals surface area contributed by atoms with E-state index in [1.165, 1.54) is 0 Å². The van der Waals surface area contributed by atoms with Crippen LogP contribution in [0.2, 0.25) is 0 Å². The normalized spacial score (nSPS) is 20.1. The van der Waals surface area contributed by atoms with Gasteiger partial charge in [-0.05, 0) is 43.8 Å². The van der Waals surface area contributed by atoms with Gasteiger partial charge in [-0.25, -0.2) is 4.98 Å². The number of amides is 1. The van der Waals surface area contributed by atoms with Crippen molar-refractivity contribution in [2.24, 2.45) is 12.5 Å². The van der Waals surface area contributed by atoms with E-state index in [2.05, 4.69) is 20.5 Å². The van der Waals surface area contributed by atoms with Crippen LogP contribution in [0, 0.1) is 5.41 Å². The second kappa shape index (κ2) is 7.22. The van der Waals surface area contributed by atoms with Crippen molar-refractivity contribution in [3.63, 3.8) is 0 Å². The van der Waals surface area contributed by atoms with Crippen LogP contribution in [-0.2, 0) is 13.6 Å². The molecular weight excluding hydrogens is 376 g/mol. The first-order valence-electron chi connectivity index (χ1n) is 9.58. The van der Waals surface area contributed by atoms with Crippen molar-refractivity contribution in [3.8, 4) is 0 Å². The third kappa shape index (κ3) is 3.08. The molecule has 1 spiro atoms. The van der Waals surface area contributed by atoms with Gasteiger partial charge >= 0.3 is 0 Å². The number of halogens is 1. The van der Waals surface area contributed by atoms with Crippen molar-refractivity contribution in [1.29, 1.82) is 0 Å². The van der Waals surface area contributed by atoms with E-state index in [0.29, 0.717) is 12.1 Å². The summed E-state index contributed by atoms with van der Waals surface area (Å²) in [5.74, 6) is 0.976. The highest BCUT2D eigenvalue weighted by atomic mass is 35.5. The molecule has 1 aromatic carbocycles. The van der Waals surface area contributed by atoms with Crippen LogP contribution in [0.3, 0.4) is 0 Å². The first kappa shape index (κ1) is 19.0. The number of hydrogen-bond donors (Lipinski definition) is 2. The SMILES string of the molecule is Cl.Cn1ccnc1CN(C(=O)c1cccc2cn[nH]c12)C1CC12CCNCC2. The molecule has 2 aromatic heterocycles. The summed E-state index contributed by atoms with van der Waals surface area (Å²) in [7, 11) is 1.98. The van der Waals surface area contributed by atoms with Gasteiger partial charge in [-0.2, -0.15) is 5.10 Å². The first-order valence-corrected chi connectivity index (χ1v) is 9.58. The molecule has 0 bridgehead atoms. The van der Waals surface area contributed by atoms with E-state index in [0.717, 1.165) is 49.1 Å². The zero-order chi connectivity index (χ0) is 18.4. The number of aromatic amines is 1. The van der Waals surface area contributed by atoms with Crippen molar-refractivity contribution in [2.45, 2.75) is 31.8 Å². The molecule has 2 fully saturated rings. The predicted octanol–water partition coefficient (Wildman–Crippen LogP) is 2.50. The molecule has 1 aliphatic carbocycles. The summed E-state index contributed by atoms with van der Waals surface area (Å²) < 4.78 is 1.99. The largest absolute Gasteiger partial charge is 0.337 e. The van der Waals surface area contributed by atoms with Crippen LogP contribution in [0.1, 0.15) is 35.4 Å². The molecule has 1 saturated carbocycles. The lowest BCUT2D eigenvalue weighted by Gasteiger charge is -2.29. The Balaban J connectivity index is 0.00000192. The van der Waals surface area contributed by atoms with Crippen LogP contribution in [0.4, 0.5) is 0 Å². The Morgan fingerprint density at radius 2 is 2.18 bits per heavy atom. The summed E-state index contributed by atoms with van der Waals surface area (Å²) in [4.78, 5) is 20.1. The van der Waals surface area contributed by atoms with Crippen molar-refractivity contribution in [1.82, 2.24) is 30.0 Å². The highest BCUT2D eigenvalue weighted by Gasteiger charge is 2.58. The van der Waals surface area contributed by atoms with Crippen LogP contribution in [0.5, 0.6) is 0 Å². The molecule has 148 valence electrons. The third-order valence-electron chi connectivity index (χ3n) is 6.32. The molecule has 1 unspecified atom stereocenters. The number of nitrogens with zero attached hydrogens (tertiary/aromatic N) is 4. The van der Waals surface area contributed by atoms with Gasteiger partial charge in [0.15, 0.2) is 0 Å². The van der Waals surface area contributed by atoms with Gasteiger partial charge in [-0.3, -0.25) is 9.89 Å². The molecule has 2 N–H and O–H groups in total. The van der Waals surface area contributed by atoms with Crippen molar-refractivity contribution in [3.05, 3.63) is 48.2 Å². The van der Waals surface area contributed by atoms with Crippen molar-refractivity contribution >= 4 is 29.2 Å². The van der Waals surface area contributed by atoms with E-state index in [1.807, 2.05) is 40.9 Å². The minimum atomic E-state index is 0. The minimum absolute atomic E-state index is 0. The molecule has 3 aromatic rings. The standard InChI is InChI=1S/C20H24N6O.ClH/c1-25-10-9-22-17(25)13-26(16-11-20(16)5-7-21-8-6-20)19(27)15-4-2-3-14-12-23-24-18(14)15;/h2-4,9-10,12,16,21H,5-8,11,13H2,1H3,(H,23,24);1H. The maximum absolute atomic E-state index is 13.6. The van der Waals surface area contributed by atoms with Crippen LogP contribution in [0.15, 0.2) is 36.8 Å². The number of piperidine rings is 1. The summed E-state index contributed by atoms with van der Waals surface area (Å²) in [6, 6.07) is 6.08. The molecule has 8 heteroatoms. The first-order chi connectivity index (χ1) is 13.2. The van der Waals surface area contributed by atoms with Crippen LogP contribution >= 0.6 is 12.4 Å². The number of aromatic nitrogens is 4. The lowest BCUT2D eigenvalue weighted by molar-refractivity contribution is 0.0687. The molecule has 3 heterocycles. The number of para-hydroxylation sites is 1. The van der Waals surface area contributed by atoms with E-state index >= 15 is 0 Å². The van der Waals surface area contributed by atoms with Crippen LogP contribution in [-0.4, -0.2) is 49.7 Å². The highest BCUT2D eigenvalue weighted by Crippen LogP contribution is 2.56. The number of rotatable bonds is 4. The fourth-order valence-corrected chi connectivity index (χ4v) is 4.56. The third-order valence-corrected chi connectivity index (χ3v) is 6.32. The average Bonchev–Trinajstić information content (AvgIpc) is 3.03. The molecule has 7 nitrogen and oxygen atoms in total. The monoisotopic (exact) mass is 400 g/mol. The number of nitrogens with one attached hydrogen (secondary N) is 2. The topological polar surface area (TPSA) is 78.8 Å². The number of hydrogen-bond acceptors (Lipinski definition) is 4. The summed E-state index contributed by atoms with van der Waals surface area (Å²) in [5.41, 5.74) is 1.77. The Morgan fingerprint density at radius 3 is 2.93 bits per heavy atom. The summed E-state index contributed by atoms with van der Waals surface area (Å²) >= 11 is 0. The molecule has 1 aliphatic heterocycles. The van der Waals surface area contributed by atoms with Gasteiger partial charge in [-0.1, -0.05) is 12.1 Å². The average molecular weight is 401 g/mol. The van der Waals surface area contributed by atoms with Gasteiger partial charge in [-0.15, -0.1) is 12.4 Å². The maximum Gasteiger partial charge on any atom is 0.256 e. The van der Waals surface area contributed by atoms with Gasteiger partial charge < -0.3 is 14.8 Å². The highest BCUT2D eigenvalue weighted by molar-refractivity contribution is 6.05. The van der Waals surface area contributed by atoms with Crippen molar-refractivity contribution < 1.29 is 4.79 Å². The number of benzene rings is 1.